The number of ether oxygens (including phenoxy) is 10. The molecule has 28 heteroatoms. The molecule has 4 bridgehead atoms. The highest BCUT2D eigenvalue weighted by atomic mass is 16.7. The first kappa shape index (κ1) is 90.6. The van der Waals surface area contributed by atoms with Gasteiger partial charge in [-0.2, -0.15) is 0 Å². The minimum absolute atomic E-state index is 0.241. The van der Waals surface area contributed by atoms with Crippen molar-refractivity contribution in [3.8, 4) is 0 Å². The summed E-state index contributed by atoms with van der Waals surface area (Å²) >= 11 is 0. The van der Waals surface area contributed by atoms with Crippen molar-refractivity contribution in [2.45, 2.75) is 430 Å². The van der Waals surface area contributed by atoms with Crippen molar-refractivity contribution in [2.75, 3.05) is 26.4 Å². The van der Waals surface area contributed by atoms with Crippen molar-refractivity contribution in [3.05, 3.63) is 0 Å². The molecule has 5 rings (SSSR count). The Hall–Kier alpha value is -2.02. The summed E-state index contributed by atoms with van der Waals surface area (Å²) in [5.74, 6) is -1.56. The van der Waals surface area contributed by atoms with Crippen LogP contribution in [0.15, 0.2) is 0 Å². The second-order valence-corrected chi connectivity index (χ2v) is 29.8. The molecular weight excluding hydrogens is 1340 g/mol. The number of hydrogen-bond donors (Lipinski definition) is 16. The molecule has 5 heterocycles. The van der Waals surface area contributed by atoms with Gasteiger partial charge in [0.15, 0.2) is 25.2 Å². The lowest BCUT2D eigenvalue weighted by molar-refractivity contribution is -0.316. The van der Waals surface area contributed by atoms with Crippen molar-refractivity contribution in [1.29, 1.82) is 0 Å². The Kier molecular flexibility index (Phi) is 45.6. The molecule has 0 radical (unpaired) electrons. The normalized spacial score (nSPS) is 34.3. The highest BCUT2D eigenvalue weighted by Gasteiger charge is 2.50. The van der Waals surface area contributed by atoms with Crippen molar-refractivity contribution >= 4 is 11.9 Å². The van der Waals surface area contributed by atoms with Crippen LogP contribution >= 0.6 is 0 Å². The first-order valence-corrected chi connectivity index (χ1v) is 39.3. The Morgan fingerprint density at radius 1 is 0.324 bits per heavy atom. The average Bonchev–Trinajstić information content (AvgIpc) is 0.907. The van der Waals surface area contributed by atoms with Crippen molar-refractivity contribution in [2.24, 2.45) is 0 Å². The van der Waals surface area contributed by atoms with E-state index in [1.807, 2.05) is 0 Å². The van der Waals surface area contributed by atoms with E-state index in [2.05, 4.69) is 0 Å². The highest BCUT2D eigenvalue weighted by molar-refractivity contribution is 5.70. The molecule has 5 saturated heterocycles. The topological polar surface area (TPSA) is 450 Å². The van der Waals surface area contributed by atoms with Crippen LogP contribution in [0.4, 0.5) is 0 Å². The minimum Gasteiger partial charge on any atom is -0.463 e. The number of carbonyl (C=O) groups excluding carboxylic acids is 2. The maximum atomic E-state index is 13.6. The van der Waals surface area contributed by atoms with E-state index >= 15 is 0 Å². The maximum absolute atomic E-state index is 13.6. The van der Waals surface area contributed by atoms with Crippen LogP contribution in [0.3, 0.4) is 0 Å². The van der Waals surface area contributed by atoms with Gasteiger partial charge in [-0.15, -0.1) is 0 Å². The van der Waals surface area contributed by atoms with Gasteiger partial charge < -0.3 is 129 Å². The summed E-state index contributed by atoms with van der Waals surface area (Å²) in [6.45, 7) is 1.40. The predicted molar refractivity (Wildman–Crippen MR) is 370 cm³/mol. The molecule has 0 aliphatic carbocycles. The first-order chi connectivity index (χ1) is 49.0. The van der Waals surface area contributed by atoms with Crippen LogP contribution in [-0.4, -0.2) is 280 Å². The third-order valence-corrected chi connectivity index (χ3v) is 20.8. The third kappa shape index (κ3) is 33.4. The highest BCUT2D eigenvalue weighted by Crippen LogP contribution is 2.32. The fourth-order valence-corrected chi connectivity index (χ4v) is 14.3. The summed E-state index contributed by atoms with van der Waals surface area (Å²) in [7, 11) is 0. The van der Waals surface area contributed by atoms with E-state index in [0.717, 1.165) is 205 Å². The molecule has 102 heavy (non-hydrogen) atoms. The van der Waals surface area contributed by atoms with E-state index in [-0.39, 0.29) is 37.3 Å². The molecule has 0 unspecified atom stereocenters. The van der Waals surface area contributed by atoms with E-state index in [0.29, 0.717) is 38.5 Å². The number of rotatable bonds is 48. The monoisotopic (exact) mass is 1470 g/mol. The van der Waals surface area contributed by atoms with Gasteiger partial charge in [0, 0.05) is 0 Å². The number of cyclic esters (lactones) is 2. The van der Waals surface area contributed by atoms with E-state index < -0.39 is 173 Å². The molecule has 0 aromatic carbocycles. The molecule has 600 valence electrons. The molecule has 26 atom stereocenters. The fraction of sp³-hybridized carbons (Fsp3) is 0.973. The summed E-state index contributed by atoms with van der Waals surface area (Å²) in [5.41, 5.74) is 0. The lowest BCUT2D eigenvalue weighted by Gasteiger charge is -2.42. The summed E-state index contributed by atoms with van der Waals surface area (Å²) in [4.78, 5) is 27.1. The molecule has 0 amide bonds. The summed E-state index contributed by atoms with van der Waals surface area (Å²) < 4.78 is 59.1. The van der Waals surface area contributed by atoms with Gasteiger partial charge in [0.1, 0.15) is 111 Å². The molecular formula is C74H136O28. The predicted octanol–water partition coefficient (Wildman–Crippen LogP) is 4.21. The smallest absolute Gasteiger partial charge is 0.308 e. The molecule has 0 aromatic heterocycles. The number of aliphatic hydroxyl groups is 16. The van der Waals surface area contributed by atoms with Crippen LogP contribution in [0.2, 0.25) is 0 Å². The zero-order valence-corrected chi connectivity index (χ0v) is 61.2. The average molecular weight is 1470 g/mol. The van der Waals surface area contributed by atoms with Gasteiger partial charge in [-0.1, -0.05) is 193 Å². The first-order valence-electron chi connectivity index (χ1n) is 39.3. The number of carbonyl (C=O) groups is 2. The largest absolute Gasteiger partial charge is 0.463 e. The fourth-order valence-electron chi connectivity index (χ4n) is 14.3. The van der Waals surface area contributed by atoms with Gasteiger partial charge in [-0.05, 0) is 65.2 Å². The van der Waals surface area contributed by atoms with E-state index in [9.17, 15) is 91.3 Å². The Morgan fingerprint density at radius 3 is 0.873 bits per heavy atom. The van der Waals surface area contributed by atoms with Crippen molar-refractivity contribution in [3.63, 3.8) is 0 Å². The number of unbranched alkanes of at least 4 members (excludes halogenated alkanes) is 26. The van der Waals surface area contributed by atoms with Crippen molar-refractivity contribution < 1.29 is 139 Å². The van der Waals surface area contributed by atoms with E-state index in [4.69, 9.17) is 47.4 Å². The number of aliphatic hydroxyl groups excluding tert-OH is 16. The molecule has 0 saturated carbocycles. The molecule has 0 spiro atoms. The van der Waals surface area contributed by atoms with E-state index in [1.165, 1.54) is 0 Å². The van der Waals surface area contributed by atoms with Gasteiger partial charge in [-0.3, -0.25) is 9.59 Å². The second-order valence-electron chi connectivity index (χ2n) is 29.8. The summed E-state index contributed by atoms with van der Waals surface area (Å²) in [6, 6.07) is 0. The molecule has 5 fully saturated rings. The van der Waals surface area contributed by atoms with Crippen LogP contribution in [0.1, 0.15) is 271 Å². The maximum Gasteiger partial charge on any atom is 0.308 e. The Bertz CT molecular complexity index is 2140. The lowest BCUT2D eigenvalue weighted by Crippen LogP contribution is -2.60. The van der Waals surface area contributed by atoms with Crippen LogP contribution in [0.25, 0.3) is 0 Å². The Morgan fingerprint density at radius 2 is 0.588 bits per heavy atom. The Balaban J connectivity index is 1.03. The van der Waals surface area contributed by atoms with Gasteiger partial charge in [0.05, 0.1) is 62.7 Å². The lowest BCUT2D eigenvalue weighted by atomic mass is 9.98. The second kappa shape index (κ2) is 51.4. The van der Waals surface area contributed by atoms with Crippen LogP contribution in [0, 0.1) is 0 Å². The minimum atomic E-state index is -1.77. The molecule has 0 aromatic rings. The summed E-state index contributed by atoms with van der Waals surface area (Å²) in [6.07, 6.45) is -0.330. The van der Waals surface area contributed by atoms with Crippen LogP contribution < -0.4 is 0 Å². The molecule has 5 aliphatic rings. The third-order valence-electron chi connectivity index (χ3n) is 20.8. The molecule has 28 nitrogen and oxygen atoms in total. The zero-order chi connectivity index (χ0) is 74.3. The Labute approximate surface area is 605 Å². The number of fused-ring (bicyclic) bond motifs is 4. The molecule has 5 aliphatic heterocycles. The SMILES string of the molecule is C[C@H](O)CCCCCCC[C@@H](CCCCCCCCCCC[C@H]1CC(=O)OC[C@H]2O[C@@H](O[C@@H](CCCCCCCCCCCCC[C@@H](CCCCCCC[C@H](C)O)O[C@H]3O[C@@H](CO)[C@H](O)[C@H](O)[C@@H]3O)CC(=O)OC[C@H]3O[C@@H](O1)[C@H](O)[C@@H](O)[C@H]3O)[C@H](O)[C@@H](O)[C@@H]2O)O[C@@H]1O[C@@H](CO)[C@H](O)[C@H](O)[C@@H]1O. The standard InChI is InChI=1S/C74H136O28/c1-47(77)33-25-17-15-23-29-37-49(95-71-67(89)63(85)59(81)53(43-75)99-71)35-27-19-11-7-4-3-5-8-13-21-31-39-51-41-57(79)93-45-56-62(84)66(88)70(92)74(102-56)98-52(42-58(80)94-46-55-61(83)65(87)69(91)73(97-51)101-55)40-32-22-14-10-6-9-12-20-28-36-50(38-30-24-16-18-26-34-48(2)78)96-72-68(90)64(86)60(82)54(44-76)100-72/h47-56,59-78,81-92H,3-46H2,1-2H3/t47-,48-,49-,50+,51-,52-,53-,54-,55+,56+,59-,60-,61+,62-,63-,64-,65-,66-,67-,68-,69+,70+,71-,72+,73+,74+/m0/s1. The van der Waals surface area contributed by atoms with Gasteiger partial charge in [0.2, 0.25) is 0 Å². The van der Waals surface area contributed by atoms with Crippen molar-refractivity contribution in [1.82, 2.24) is 0 Å². The summed E-state index contributed by atoms with van der Waals surface area (Å²) in [5, 5.41) is 167. The zero-order valence-electron chi connectivity index (χ0n) is 61.2. The number of esters is 2. The van der Waals surface area contributed by atoms with Gasteiger partial charge in [-0.25, -0.2) is 0 Å². The molecule has 16 N–H and O–H groups in total. The van der Waals surface area contributed by atoms with Crippen LogP contribution in [0.5, 0.6) is 0 Å². The quantitative estimate of drug-likeness (QED) is 0.0300. The van der Waals surface area contributed by atoms with Crippen LogP contribution in [-0.2, 0) is 57.0 Å². The van der Waals surface area contributed by atoms with Gasteiger partial charge in [0.25, 0.3) is 0 Å². The number of hydrogen-bond acceptors (Lipinski definition) is 28. The van der Waals surface area contributed by atoms with E-state index in [1.54, 1.807) is 13.8 Å². The van der Waals surface area contributed by atoms with Gasteiger partial charge >= 0.3 is 11.9 Å².